The Labute approximate surface area is 195 Å². The van der Waals surface area contributed by atoms with Crippen LogP contribution in [-0.4, -0.2) is 27.1 Å². The molecule has 0 aromatic heterocycles. The van der Waals surface area contributed by atoms with Gasteiger partial charge in [0.1, 0.15) is 6.54 Å². The Hall–Kier alpha value is -2.58. The lowest BCUT2D eigenvalue weighted by Crippen LogP contribution is -2.39. The first-order valence-electron chi connectivity index (χ1n) is 8.87. The molecule has 0 unspecified atom stereocenters. The van der Waals surface area contributed by atoms with Gasteiger partial charge in [-0.05, 0) is 60.2 Å². The van der Waals surface area contributed by atoms with Gasteiger partial charge in [-0.3, -0.25) is 9.10 Å². The maximum absolute atomic E-state index is 13.2. The first-order chi connectivity index (χ1) is 14.8. The molecule has 0 saturated heterocycles. The van der Waals surface area contributed by atoms with Crippen LogP contribution in [0.1, 0.15) is 5.56 Å². The number of carbonyl (C=O) groups is 1. The van der Waals surface area contributed by atoms with E-state index in [0.717, 1.165) is 4.31 Å². The van der Waals surface area contributed by atoms with Crippen LogP contribution in [0.25, 0.3) is 0 Å². The van der Waals surface area contributed by atoms with Crippen LogP contribution in [-0.2, 0) is 14.8 Å². The number of amides is 1. The molecular weight excluding hydrogens is 481 g/mol. The highest BCUT2D eigenvalue weighted by atomic mass is 35.5. The highest BCUT2D eigenvalue weighted by Gasteiger charge is 2.27. The molecular formula is C21H16Cl3N3O3S. The topological polar surface area (TPSA) is 78.8 Å². The summed E-state index contributed by atoms with van der Waals surface area (Å²) in [6, 6.07) is 18.7. The standard InChI is InChI=1S/C21H16Cl3N3O3S/c22-16-6-4-15(5-7-16)13-25-26-21(28)14-27(19-3-1-2-18(24)12-19)31(29,30)20-10-8-17(23)9-11-20/h1-13H,14H2,(H,26,28)/b25-13-. The molecule has 0 heterocycles. The van der Waals surface area contributed by atoms with Crippen LogP contribution in [0.2, 0.25) is 15.1 Å². The van der Waals surface area contributed by atoms with Crippen LogP contribution < -0.4 is 9.73 Å². The zero-order valence-electron chi connectivity index (χ0n) is 15.9. The maximum Gasteiger partial charge on any atom is 0.264 e. The molecule has 160 valence electrons. The maximum atomic E-state index is 13.2. The number of hydrogen-bond acceptors (Lipinski definition) is 4. The van der Waals surface area contributed by atoms with Crippen LogP contribution in [0.15, 0.2) is 82.8 Å². The summed E-state index contributed by atoms with van der Waals surface area (Å²) < 4.78 is 27.4. The van der Waals surface area contributed by atoms with Crippen molar-refractivity contribution in [1.82, 2.24) is 5.43 Å². The average Bonchev–Trinajstić information content (AvgIpc) is 2.73. The Morgan fingerprint density at radius 1 is 0.903 bits per heavy atom. The van der Waals surface area contributed by atoms with E-state index in [1.807, 2.05) is 0 Å². The summed E-state index contributed by atoms with van der Waals surface area (Å²) in [5.41, 5.74) is 3.28. The minimum absolute atomic E-state index is 0.0191. The van der Waals surface area contributed by atoms with E-state index in [9.17, 15) is 13.2 Å². The number of carbonyl (C=O) groups excluding carboxylic acids is 1. The Kier molecular flexibility index (Phi) is 7.56. The van der Waals surface area contributed by atoms with E-state index >= 15 is 0 Å². The molecule has 0 aliphatic heterocycles. The van der Waals surface area contributed by atoms with Gasteiger partial charge in [0, 0.05) is 15.1 Å². The molecule has 31 heavy (non-hydrogen) atoms. The fourth-order valence-electron chi connectivity index (χ4n) is 2.57. The fraction of sp³-hybridized carbons (Fsp3) is 0.0476. The number of anilines is 1. The second-order valence-corrected chi connectivity index (χ2v) is 9.46. The van der Waals surface area contributed by atoms with E-state index in [1.54, 1.807) is 42.5 Å². The molecule has 0 spiro atoms. The van der Waals surface area contributed by atoms with Gasteiger partial charge in [-0.1, -0.05) is 53.0 Å². The van der Waals surface area contributed by atoms with Crippen molar-refractivity contribution in [2.45, 2.75) is 4.90 Å². The van der Waals surface area contributed by atoms with Crippen molar-refractivity contribution < 1.29 is 13.2 Å². The average molecular weight is 497 g/mol. The molecule has 1 amide bonds. The van der Waals surface area contributed by atoms with E-state index in [1.165, 1.54) is 36.5 Å². The van der Waals surface area contributed by atoms with Gasteiger partial charge >= 0.3 is 0 Å². The zero-order chi connectivity index (χ0) is 22.4. The Bertz CT molecular complexity index is 1200. The number of sulfonamides is 1. The molecule has 0 atom stereocenters. The summed E-state index contributed by atoms with van der Waals surface area (Å²) >= 11 is 17.7. The molecule has 3 aromatic carbocycles. The second kappa shape index (κ2) is 10.2. The lowest BCUT2D eigenvalue weighted by Gasteiger charge is -2.23. The first-order valence-corrected chi connectivity index (χ1v) is 11.4. The largest absolute Gasteiger partial charge is 0.271 e. The van der Waals surface area contributed by atoms with Crippen molar-refractivity contribution in [1.29, 1.82) is 0 Å². The lowest BCUT2D eigenvalue weighted by molar-refractivity contribution is -0.119. The third-order valence-corrected chi connectivity index (χ3v) is 6.59. The highest BCUT2D eigenvalue weighted by molar-refractivity contribution is 7.92. The Morgan fingerprint density at radius 3 is 2.13 bits per heavy atom. The van der Waals surface area contributed by atoms with Crippen molar-refractivity contribution in [2.75, 3.05) is 10.8 Å². The van der Waals surface area contributed by atoms with Crippen molar-refractivity contribution in [2.24, 2.45) is 5.10 Å². The number of rotatable bonds is 7. The molecule has 10 heteroatoms. The van der Waals surface area contributed by atoms with Crippen LogP contribution in [0, 0.1) is 0 Å². The third-order valence-electron chi connectivity index (χ3n) is 4.06. The summed E-state index contributed by atoms with van der Waals surface area (Å²) in [6.07, 6.45) is 1.42. The molecule has 0 radical (unpaired) electrons. The molecule has 0 bridgehead atoms. The molecule has 6 nitrogen and oxygen atoms in total. The van der Waals surface area contributed by atoms with Gasteiger partial charge in [0.25, 0.3) is 15.9 Å². The number of hydrazone groups is 1. The molecule has 0 fully saturated rings. The van der Waals surface area contributed by atoms with Crippen molar-refractivity contribution in [3.63, 3.8) is 0 Å². The minimum atomic E-state index is -4.08. The normalized spacial score (nSPS) is 11.5. The van der Waals surface area contributed by atoms with Gasteiger partial charge in [0.05, 0.1) is 16.8 Å². The summed E-state index contributed by atoms with van der Waals surface area (Å²) in [5.74, 6) is -0.636. The third kappa shape index (κ3) is 6.21. The molecule has 3 rings (SSSR count). The molecule has 3 aromatic rings. The first kappa shape index (κ1) is 23.1. The van der Waals surface area contributed by atoms with Gasteiger partial charge in [-0.2, -0.15) is 5.10 Å². The lowest BCUT2D eigenvalue weighted by atomic mass is 10.2. The van der Waals surface area contributed by atoms with E-state index in [0.29, 0.717) is 20.6 Å². The summed E-state index contributed by atoms with van der Waals surface area (Å²) in [7, 11) is -4.08. The van der Waals surface area contributed by atoms with Gasteiger partial charge in [-0.25, -0.2) is 13.8 Å². The quantitative estimate of drug-likeness (QED) is 0.370. The number of benzene rings is 3. The SMILES string of the molecule is O=C(CN(c1cccc(Cl)c1)S(=O)(=O)c1ccc(Cl)cc1)N/N=C\c1ccc(Cl)cc1. The summed E-state index contributed by atoms with van der Waals surface area (Å²) in [5, 5.41) is 5.16. The molecule has 0 aliphatic carbocycles. The number of nitrogens with one attached hydrogen (secondary N) is 1. The van der Waals surface area contributed by atoms with Crippen molar-refractivity contribution in [3.05, 3.63) is 93.4 Å². The van der Waals surface area contributed by atoms with Gasteiger partial charge < -0.3 is 0 Å². The van der Waals surface area contributed by atoms with Gasteiger partial charge in [0.15, 0.2) is 0 Å². The van der Waals surface area contributed by atoms with Crippen molar-refractivity contribution >= 4 is 62.6 Å². The number of hydrogen-bond donors (Lipinski definition) is 1. The Balaban J connectivity index is 1.83. The van der Waals surface area contributed by atoms with E-state index in [-0.39, 0.29) is 10.6 Å². The zero-order valence-corrected chi connectivity index (χ0v) is 19.0. The molecule has 0 aliphatic rings. The van der Waals surface area contributed by atoms with Gasteiger partial charge in [0.2, 0.25) is 0 Å². The van der Waals surface area contributed by atoms with Crippen LogP contribution >= 0.6 is 34.8 Å². The fourth-order valence-corrected chi connectivity index (χ4v) is 4.42. The number of halogens is 3. The predicted octanol–water partition coefficient (Wildman–Crippen LogP) is 4.99. The second-order valence-electron chi connectivity index (χ2n) is 6.29. The van der Waals surface area contributed by atoms with E-state index in [4.69, 9.17) is 34.8 Å². The van der Waals surface area contributed by atoms with Crippen LogP contribution in [0.3, 0.4) is 0 Å². The highest BCUT2D eigenvalue weighted by Crippen LogP contribution is 2.26. The minimum Gasteiger partial charge on any atom is -0.271 e. The monoisotopic (exact) mass is 495 g/mol. The summed E-state index contributed by atoms with van der Waals surface area (Å²) in [4.78, 5) is 12.5. The van der Waals surface area contributed by atoms with Gasteiger partial charge in [-0.15, -0.1) is 0 Å². The molecule has 1 N–H and O–H groups in total. The van der Waals surface area contributed by atoms with E-state index < -0.39 is 22.5 Å². The van der Waals surface area contributed by atoms with Crippen molar-refractivity contribution in [3.8, 4) is 0 Å². The Morgan fingerprint density at radius 2 is 1.52 bits per heavy atom. The summed E-state index contributed by atoms with van der Waals surface area (Å²) in [6.45, 7) is -0.511. The van der Waals surface area contributed by atoms with Crippen LogP contribution in [0.4, 0.5) is 5.69 Å². The molecule has 0 saturated carbocycles. The predicted molar refractivity (Wildman–Crippen MR) is 125 cm³/mol. The smallest absolute Gasteiger partial charge is 0.264 e. The number of nitrogens with zero attached hydrogens (tertiary/aromatic N) is 2. The van der Waals surface area contributed by atoms with E-state index in [2.05, 4.69) is 10.5 Å². The van der Waals surface area contributed by atoms with Crippen LogP contribution in [0.5, 0.6) is 0 Å².